The number of carbonyl (C=O) groups excluding carboxylic acids is 1. The Bertz CT molecular complexity index is 788. The first-order chi connectivity index (χ1) is 13.7. The smallest absolute Gasteiger partial charge is 0.137 e. The van der Waals surface area contributed by atoms with Crippen molar-refractivity contribution in [3.8, 4) is 0 Å². The third kappa shape index (κ3) is 3.61. The molecule has 0 N–H and O–H groups in total. The SMILES string of the molecule is Cc1c2c(cc3c1CC[C@]1(C)[C@@H]([C@H](C)CC[C@H](C)C(C)C)CC[C@@H]31)CCC(=O)C2. The zero-order chi connectivity index (χ0) is 20.9. The molecule has 0 aliphatic heterocycles. The minimum atomic E-state index is 0.437. The molecule has 5 atom stereocenters. The number of fused-ring (bicyclic) bond motifs is 4. The van der Waals surface area contributed by atoms with Crippen molar-refractivity contribution in [2.75, 3.05) is 0 Å². The van der Waals surface area contributed by atoms with Gasteiger partial charge in [-0.25, -0.2) is 0 Å². The second-order valence-corrected chi connectivity index (χ2v) is 11.4. The fourth-order valence-corrected chi connectivity index (χ4v) is 7.20. The van der Waals surface area contributed by atoms with Crippen molar-refractivity contribution in [3.05, 3.63) is 33.9 Å². The van der Waals surface area contributed by atoms with Crippen LogP contribution in [0.5, 0.6) is 0 Å². The Morgan fingerprint density at radius 2 is 1.79 bits per heavy atom. The van der Waals surface area contributed by atoms with Gasteiger partial charge in [-0.2, -0.15) is 0 Å². The summed E-state index contributed by atoms with van der Waals surface area (Å²) in [5.74, 6) is 4.53. The molecular weight excluding hydrogens is 352 g/mol. The Morgan fingerprint density at radius 3 is 2.52 bits per heavy atom. The second-order valence-electron chi connectivity index (χ2n) is 11.4. The van der Waals surface area contributed by atoms with Crippen molar-refractivity contribution in [2.45, 2.75) is 105 Å². The molecule has 3 aliphatic carbocycles. The van der Waals surface area contributed by atoms with Crippen LogP contribution in [-0.2, 0) is 24.1 Å². The molecule has 1 heteroatoms. The first kappa shape index (κ1) is 21.1. The van der Waals surface area contributed by atoms with Gasteiger partial charge in [0.2, 0.25) is 0 Å². The minimum absolute atomic E-state index is 0.437. The van der Waals surface area contributed by atoms with Crippen LogP contribution >= 0.6 is 0 Å². The molecule has 0 saturated heterocycles. The van der Waals surface area contributed by atoms with Gasteiger partial charge in [0, 0.05) is 12.8 Å². The van der Waals surface area contributed by atoms with E-state index in [2.05, 4.69) is 47.6 Å². The van der Waals surface area contributed by atoms with E-state index in [0.29, 0.717) is 17.6 Å². The maximum Gasteiger partial charge on any atom is 0.137 e. The van der Waals surface area contributed by atoms with E-state index < -0.39 is 0 Å². The number of hydrogen-bond donors (Lipinski definition) is 0. The van der Waals surface area contributed by atoms with Crippen LogP contribution in [0.1, 0.15) is 107 Å². The highest BCUT2D eigenvalue weighted by molar-refractivity contribution is 5.84. The summed E-state index contributed by atoms with van der Waals surface area (Å²) in [5.41, 5.74) is 8.10. The highest BCUT2D eigenvalue weighted by atomic mass is 16.1. The predicted octanol–water partition coefficient (Wildman–Crippen LogP) is 7.21. The molecule has 1 saturated carbocycles. The van der Waals surface area contributed by atoms with Crippen LogP contribution in [0.3, 0.4) is 0 Å². The summed E-state index contributed by atoms with van der Waals surface area (Å²) < 4.78 is 0. The molecule has 4 rings (SSSR count). The maximum atomic E-state index is 12.0. The number of ketones is 1. The van der Waals surface area contributed by atoms with E-state index in [0.717, 1.165) is 42.4 Å². The van der Waals surface area contributed by atoms with Crippen LogP contribution < -0.4 is 0 Å². The highest BCUT2D eigenvalue weighted by Gasteiger charge is 2.51. The van der Waals surface area contributed by atoms with Crippen molar-refractivity contribution in [3.63, 3.8) is 0 Å². The highest BCUT2D eigenvalue weighted by Crippen LogP contribution is 2.61. The van der Waals surface area contributed by atoms with Crippen molar-refractivity contribution >= 4 is 5.78 Å². The van der Waals surface area contributed by atoms with E-state index in [1.807, 2.05) is 0 Å². The fraction of sp³-hybridized carbons (Fsp3) is 0.750. The summed E-state index contributed by atoms with van der Waals surface area (Å²) in [6, 6.07) is 2.56. The van der Waals surface area contributed by atoms with Gasteiger partial charge in [0.25, 0.3) is 0 Å². The number of benzene rings is 1. The summed E-state index contributed by atoms with van der Waals surface area (Å²) in [6.07, 6.45) is 10.5. The molecule has 1 aromatic carbocycles. The van der Waals surface area contributed by atoms with Gasteiger partial charge in [0.1, 0.15) is 5.78 Å². The Labute approximate surface area is 179 Å². The van der Waals surface area contributed by atoms with Gasteiger partial charge in [0.15, 0.2) is 0 Å². The zero-order valence-corrected chi connectivity index (χ0v) is 19.7. The lowest BCUT2D eigenvalue weighted by Crippen LogP contribution is -2.36. The molecule has 29 heavy (non-hydrogen) atoms. The molecule has 3 aliphatic rings. The molecule has 1 nitrogen and oxygen atoms in total. The van der Waals surface area contributed by atoms with Gasteiger partial charge in [-0.3, -0.25) is 4.79 Å². The van der Waals surface area contributed by atoms with Crippen LogP contribution in [0.2, 0.25) is 0 Å². The molecule has 160 valence electrons. The standard InChI is InChI=1S/C28H42O/c1-17(2)18(3)7-8-19(4)26-11-12-27-25-15-21-9-10-22(29)16-24(21)20(5)23(25)13-14-28(26,27)6/h15,17-19,26-27H,7-14,16H2,1-6H3/t18-,19+,26+,27-,28+/m0/s1. The number of carbonyl (C=O) groups is 1. The predicted molar refractivity (Wildman–Crippen MR) is 123 cm³/mol. The Morgan fingerprint density at radius 1 is 1.03 bits per heavy atom. The van der Waals surface area contributed by atoms with E-state index in [9.17, 15) is 4.79 Å². The molecule has 0 amide bonds. The quantitative estimate of drug-likeness (QED) is 0.516. The summed E-state index contributed by atoms with van der Waals surface area (Å²) in [4.78, 5) is 12.0. The third-order valence-corrected chi connectivity index (χ3v) is 9.62. The molecular formula is C28H42O. The molecule has 0 spiro atoms. The minimum Gasteiger partial charge on any atom is -0.299 e. The van der Waals surface area contributed by atoms with Gasteiger partial charge >= 0.3 is 0 Å². The third-order valence-electron chi connectivity index (χ3n) is 9.62. The van der Waals surface area contributed by atoms with Gasteiger partial charge in [0.05, 0.1) is 0 Å². The summed E-state index contributed by atoms with van der Waals surface area (Å²) in [5, 5.41) is 0. The summed E-state index contributed by atoms with van der Waals surface area (Å²) in [7, 11) is 0. The molecule has 0 heterocycles. The van der Waals surface area contributed by atoms with Crippen LogP contribution in [0.15, 0.2) is 6.07 Å². The lowest BCUT2D eigenvalue weighted by atomic mass is 9.59. The lowest BCUT2D eigenvalue weighted by Gasteiger charge is -2.45. The monoisotopic (exact) mass is 394 g/mol. The number of rotatable bonds is 5. The van der Waals surface area contributed by atoms with E-state index in [4.69, 9.17) is 0 Å². The normalized spacial score (nSPS) is 30.7. The Kier molecular flexibility index (Phi) is 5.73. The van der Waals surface area contributed by atoms with Crippen LogP contribution in [0, 0.1) is 36.0 Å². The van der Waals surface area contributed by atoms with Crippen LogP contribution in [-0.4, -0.2) is 5.78 Å². The second kappa shape index (κ2) is 7.86. The lowest BCUT2D eigenvalue weighted by molar-refractivity contribution is -0.118. The van der Waals surface area contributed by atoms with Gasteiger partial charge in [-0.1, -0.05) is 53.5 Å². The Hall–Kier alpha value is -1.11. The first-order valence-electron chi connectivity index (χ1n) is 12.4. The molecule has 0 unspecified atom stereocenters. The molecule has 1 aromatic rings. The van der Waals surface area contributed by atoms with E-state index in [1.165, 1.54) is 55.2 Å². The topological polar surface area (TPSA) is 17.1 Å². The van der Waals surface area contributed by atoms with Gasteiger partial charge in [-0.15, -0.1) is 0 Å². The van der Waals surface area contributed by atoms with E-state index in [-0.39, 0.29) is 0 Å². The largest absolute Gasteiger partial charge is 0.299 e. The maximum absolute atomic E-state index is 12.0. The van der Waals surface area contributed by atoms with Crippen LogP contribution in [0.4, 0.5) is 0 Å². The van der Waals surface area contributed by atoms with Gasteiger partial charge < -0.3 is 0 Å². The average molecular weight is 395 g/mol. The van der Waals surface area contributed by atoms with E-state index in [1.54, 1.807) is 11.1 Å². The first-order valence-corrected chi connectivity index (χ1v) is 12.4. The average Bonchev–Trinajstić information content (AvgIpc) is 3.04. The van der Waals surface area contributed by atoms with E-state index >= 15 is 0 Å². The molecule has 0 radical (unpaired) electrons. The van der Waals surface area contributed by atoms with Crippen molar-refractivity contribution in [1.29, 1.82) is 0 Å². The van der Waals surface area contributed by atoms with Crippen molar-refractivity contribution < 1.29 is 4.79 Å². The number of Topliss-reactive ketones (excluding diaryl/α,β-unsaturated/α-hetero) is 1. The molecule has 0 bridgehead atoms. The summed E-state index contributed by atoms with van der Waals surface area (Å²) in [6.45, 7) is 14.7. The molecule has 1 fully saturated rings. The fourth-order valence-electron chi connectivity index (χ4n) is 7.20. The van der Waals surface area contributed by atoms with Crippen LogP contribution in [0.25, 0.3) is 0 Å². The zero-order valence-electron chi connectivity index (χ0n) is 19.7. The number of hydrogen-bond acceptors (Lipinski definition) is 1. The van der Waals surface area contributed by atoms with Gasteiger partial charge in [-0.05, 0) is 102 Å². The van der Waals surface area contributed by atoms with Crippen molar-refractivity contribution in [1.82, 2.24) is 0 Å². The summed E-state index contributed by atoms with van der Waals surface area (Å²) >= 11 is 0. The number of aryl methyl sites for hydroxylation is 1. The Balaban J connectivity index is 1.58. The van der Waals surface area contributed by atoms with Crippen molar-refractivity contribution in [2.24, 2.45) is 29.1 Å². The molecule has 0 aromatic heterocycles.